The Bertz CT molecular complexity index is 609. The molecule has 3 aliphatic carbocycles. The summed E-state index contributed by atoms with van der Waals surface area (Å²) in [5.74, 6) is -1.16. The largest absolute Gasteiger partial charge is 0.196 e. The summed E-state index contributed by atoms with van der Waals surface area (Å²) in [5, 5.41) is 46.4. The predicted molar refractivity (Wildman–Crippen MR) is 57.2 cm³/mol. The van der Waals surface area contributed by atoms with Crippen LogP contribution in [0.1, 0.15) is 12.8 Å². The molecule has 1 saturated carbocycles. The van der Waals surface area contributed by atoms with E-state index in [1.165, 1.54) is 0 Å². The van der Waals surface area contributed by atoms with Crippen molar-refractivity contribution in [3.05, 3.63) is 11.6 Å². The summed E-state index contributed by atoms with van der Waals surface area (Å²) in [6, 6.07) is 9.45. The lowest BCUT2D eigenvalue weighted by Gasteiger charge is -2.49. The lowest BCUT2D eigenvalue weighted by atomic mass is 9.45. The van der Waals surface area contributed by atoms with Gasteiger partial charge in [-0.05, 0) is 12.8 Å². The van der Waals surface area contributed by atoms with Crippen molar-refractivity contribution in [2.24, 2.45) is 22.7 Å². The van der Waals surface area contributed by atoms with Crippen LogP contribution >= 0.6 is 0 Å². The van der Waals surface area contributed by atoms with Crippen LogP contribution in [0.15, 0.2) is 11.6 Å². The maximum absolute atomic E-state index is 9.36. The predicted octanol–water partition coefficient (Wildman–Crippen LogP) is 1.54. The molecule has 0 unspecified atom stereocenters. The minimum atomic E-state index is -1.74. The SMILES string of the molecule is N#CC1=C[C@@H]2CC[C@@H]1C(C#N)(C#N)C2(C#N)C#N. The van der Waals surface area contributed by atoms with Crippen molar-refractivity contribution in [3.63, 3.8) is 0 Å². The van der Waals surface area contributed by atoms with E-state index in [9.17, 15) is 21.0 Å². The number of nitriles is 5. The number of rotatable bonds is 0. The summed E-state index contributed by atoms with van der Waals surface area (Å²) in [4.78, 5) is 0. The molecule has 3 rings (SSSR count). The fraction of sp³-hybridized carbons (Fsp3) is 0.462. The van der Waals surface area contributed by atoms with Crippen molar-refractivity contribution in [1.29, 1.82) is 26.3 Å². The van der Waals surface area contributed by atoms with Crippen LogP contribution in [0.4, 0.5) is 0 Å². The van der Waals surface area contributed by atoms with Gasteiger partial charge in [0.25, 0.3) is 0 Å². The molecule has 0 radical (unpaired) electrons. The Kier molecular flexibility index (Phi) is 2.33. The molecule has 0 spiro atoms. The maximum Gasteiger partial charge on any atom is 0.183 e. The molecule has 2 atom stereocenters. The Balaban J connectivity index is 2.82. The van der Waals surface area contributed by atoms with E-state index in [1.54, 1.807) is 6.08 Å². The summed E-state index contributed by atoms with van der Waals surface area (Å²) < 4.78 is 0. The van der Waals surface area contributed by atoms with Gasteiger partial charge in [0.2, 0.25) is 0 Å². The van der Waals surface area contributed by atoms with Crippen LogP contribution in [0.3, 0.4) is 0 Å². The fourth-order valence-corrected chi connectivity index (χ4v) is 3.12. The minimum absolute atomic E-state index is 0.357. The van der Waals surface area contributed by atoms with E-state index in [4.69, 9.17) is 5.26 Å². The van der Waals surface area contributed by atoms with Crippen LogP contribution in [0.25, 0.3) is 0 Å². The second-order valence-electron chi connectivity index (χ2n) is 4.53. The highest BCUT2D eigenvalue weighted by Crippen LogP contribution is 2.61. The van der Waals surface area contributed by atoms with Crippen molar-refractivity contribution in [3.8, 4) is 30.3 Å². The molecule has 0 heterocycles. The van der Waals surface area contributed by atoms with Gasteiger partial charge in [0.15, 0.2) is 10.8 Å². The van der Waals surface area contributed by atoms with Gasteiger partial charge < -0.3 is 0 Å². The smallest absolute Gasteiger partial charge is 0.183 e. The standard InChI is InChI=1S/C13H7N5/c14-4-9-3-10-1-2-11(9)13(7-17,8-18)12(10,5-15)6-16/h3,10-11H,1-2H2/t10-,11-/m0/s1. The summed E-state index contributed by atoms with van der Waals surface area (Å²) in [6.07, 6.45) is 2.64. The molecule has 18 heavy (non-hydrogen) atoms. The number of hydrogen-bond donors (Lipinski definition) is 0. The minimum Gasteiger partial charge on any atom is -0.196 e. The molecule has 0 N–H and O–H groups in total. The first-order valence-corrected chi connectivity index (χ1v) is 5.42. The molecule has 1 fully saturated rings. The van der Waals surface area contributed by atoms with Gasteiger partial charge >= 0.3 is 0 Å². The molecule has 0 amide bonds. The fourth-order valence-electron chi connectivity index (χ4n) is 3.12. The third-order valence-corrected chi connectivity index (χ3v) is 4.06. The second kappa shape index (κ2) is 3.60. The van der Waals surface area contributed by atoms with Crippen LogP contribution in [-0.2, 0) is 0 Å². The molecule has 2 bridgehead atoms. The molecule has 5 nitrogen and oxygen atoms in total. The normalized spacial score (nSPS) is 29.6. The average Bonchev–Trinajstić information content (AvgIpc) is 2.46. The first-order valence-electron chi connectivity index (χ1n) is 5.42. The van der Waals surface area contributed by atoms with E-state index >= 15 is 0 Å². The third-order valence-electron chi connectivity index (χ3n) is 4.06. The maximum atomic E-state index is 9.36. The Morgan fingerprint density at radius 1 is 0.889 bits per heavy atom. The topological polar surface area (TPSA) is 119 Å². The van der Waals surface area contributed by atoms with Gasteiger partial charge in [0, 0.05) is 17.4 Å². The summed E-state index contributed by atoms with van der Waals surface area (Å²) in [5.41, 5.74) is -3.05. The van der Waals surface area contributed by atoms with Gasteiger partial charge in [-0.1, -0.05) is 6.08 Å². The van der Waals surface area contributed by atoms with Crippen LogP contribution in [-0.4, -0.2) is 0 Å². The molecule has 0 aromatic carbocycles. The molecule has 0 aromatic heterocycles. The van der Waals surface area contributed by atoms with E-state index < -0.39 is 22.7 Å². The molecular formula is C13H7N5. The highest BCUT2D eigenvalue weighted by atomic mass is 14.7. The first kappa shape index (κ1) is 11.7. The summed E-state index contributed by atoms with van der Waals surface area (Å²) >= 11 is 0. The Labute approximate surface area is 104 Å². The molecule has 3 aliphatic rings. The number of allylic oxidation sites excluding steroid dienone is 2. The molecule has 5 heteroatoms. The zero-order chi connectivity index (χ0) is 13.4. The molecule has 84 valence electrons. The monoisotopic (exact) mass is 233 g/mol. The lowest BCUT2D eigenvalue weighted by molar-refractivity contribution is 0.0844. The summed E-state index contributed by atoms with van der Waals surface area (Å²) in [7, 11) is 0. The Morgan fingerprint density at radius 2 is 1.44 bits per heavy atom. The zero-order valence-electron chi connectivity index (χ0n) is 9.38. The highest BCUT2D eigenvalue weighted by Gasteiger charge is 2.67. The van der Waals surface area contributed by atoms with Crippen LogP contribution in [0, 0.1) is 79.3 Å². The average molecular weight is 233 g/mol. The second-order valence-corrected chi connectivity index (χ2v) is 4.53. The van der Waals surface area contributed by atoms with Gasteiger partial charge in [-0.15, -0.1) is 0 Å². The van der Waals surface area contributed by atoms with Gasteiger partial charge in [0.1, 0.15) is 0 Å². The van der Waals surface area contributed by atoms with Gasteiger partial charge in [-0.25, -0.2) is 0 Å². The Morgan fingerprint density at radius 3 is 1.89 bits per heavy atom. The van der Waals surface area contributed by atoms with Crippen molar-refractivity contribution in [1.82, 2.24) is 0 Å². The molecule has 0 aliphatic heterocycles. The van der Waals surface area contributed by atoms with E-state index in [2.05, 4.69) is 0 Å². The molecular weight excluding hydrogens is 226 g/mol. The van der Waals surface area contributed by atoms with E-state index in [1.807, 2.05) is 30.3 Å². The van der Waals surface area contributed by atoms with Crippen LogP contribution in [0.2, 0.25) is 0 Å². The van der Waals surface area contributed by atoms with E-state index in [-0.39, 0.29) is 0 Å². The van der Waals surface area contributed by atoms with Gasteiger partial charge in [-0.3, -0.25) is 0 Å². The lowest BCUT2D eigenvalue weighted by Crippen LogP contribution is -2.54. The number of fused-ring (bicyclic) bond motifs is 2. The Hall–Kier alpha value is -2.81. The molecule has 0 aromatic rings. The van der Waals surface area contributed by atoms with Crippen molar-refractivity contribution >= 4 is 0 Å². The number of hydrogen-bond acceptors (Lipinski definition) is 5. The van der Waals surface area contributed by atoms with Crippen molar-refractivity contribution < 1.29 is 0 Å². The van der Waals surface area contributed by atoms with E-state index in [0.29, 0.717) is 18.4 Å². The van der Waals surface area contributed by atoms with Crippen LogP contribution < -0.4 is 0 Å². The van der Waals surface area contributed by atoms with Crippen LogP contribution in [0.5, 0.6) is 0 Å². The van der Waals surface area contributed by atoms with Gasteiger partial charge in [0.05, 0.1) is 30.3 Å². The molecule has 0 saturated heterocycles. The van der Waals surface area contributed by atoms with E-state index in [0.717, 1.165) is 0 Å². The third kappa shape index (κ3) is 0.960. The summed E-state index contributed by atoms with van der Waals surface area (Å²) in [6.45, 7) is 0. The highest BCUT2D eigenvalue weighted by molar-refractivity contribution is 5.49. The first-order chi connectivity index (χ1) is 8.65. The number of nitrogens with zero attached hydrogens (tertiary/aromatic N) is 5. The van der Waals surface area contributed by atoms with Crippen molar-refractivity contribution in [2.75, 3.05) is 0 Å². The van der Waals surface area contributed by atoms with Gasteiger partial charge in [-0.2, -0.15) is 26.3 Å². The quantitative estimate of drug-likeness (QED) is 0.628. The zero-order valence-corrected chi connectivity index (χ0v) is 9.38. The van der Waals surface area contributed by atoms with Crippen molar-refractivity contribution in [2.45, 2.75) is 12.8 Å².